The Morgan fingerprint density at radius 3 is 2.53 bits per heavy atom. The summed E-state index contributed by atoms with van der Waals surface area (Å²) in [6, 6.07) is 7.86. The van der Waals surface area contributed by atoms with Crippen LogP contribution in [-0.2, 0) is 9.59 Å². The quantitative estimate of drug-likeness (QED) is 0.483. The van der Waals surface area contributed by atoms with E-state index in [4.69, 9.17) is 4.52 Å². The van der Waals surface area contributed by atoms with E-state index in [1.54, 1.807) is 17.4 Å². The molecule has 7 nitrogen and oxygen atoms in total. The van der Waals surface area contributed by atoms with Gasteiger partial charge in [0.05, 0.1) is 18.8 Å². The Hall–Kier alpha value is -3.04. The molecule has 5 atom stereocenters. The summed E-state index contributed by atoms with van der Waals surface area (Å²) in [4.78, 5) is 29.1. The molecule has 9 heteroatoms. The molecule has 36 heavy (non-hydrogen) atoms. The molecule has 1 fully saturated rings. The van der Waals surface area contributed by atoms with Crippen molar-refractivity contribution >= 4 is 23.2 Å². The molecule has 1 aromatic carbocycles. The Morgan fingerprint density at radius 2 is 1.94 bits per heavy atom. The van der Waals surface area contributed by atoms with Gasteiger partial charge in [-0.25, -0.2) is 4.39 Å². The van der Waals surface area contributed by atoms with E-state index in [2.05, 4.69) is 34.9 Å². The molecule has 3 aromatic rings. The van der Waals surface area contributed by atoms with E-state index in [9.17, 15) is 14.7 Å². The van der Waals surface area contributed by atoms with Crippen LogP contribution in [0.3, 0.4) is 0 Å². The minimum Gasteiger partial charge on any atom is -0.388 e. The van der Waals surface area contributed by atoms with Crippen molar-refractivity contribution in [2.45, 2.75) is 64.9 Å². The summed E-state index contributed by atoms with van der Waals surface area (Å²) < 4.78 is 20.3. The van der Waals surface area contributed by atoms with Crippen LogP contribution in [-0.4, -0.2) is 51.8 Å². The van der Waals surface area contributed by atoms with Crippen molar-refractivity contribution < 1.29 is 23.6 Å². The van der Waals surface area contributed by atoms with Crippen LogP contribution in [0.25, 0.3) is 10.4 Å². The number of alkyl halides is 1. The highest BCUT2D eigenvalue weighted by atomic mass is 32.1. The van der Waals surface area contributed by atoms with E-state index in [0.29, 0.717) is 5.76 Å². The number of halogens is 1. The number of hydrogen-bond acceptors (Lipinski definition) is 6. The Bertz CT molecular complexity index is 1230. The zero-order valence-corrected chi connectivity index (χ0v) is 21.9. The second-order valence-corrected chi connectivity index (χ2v) is 10.7. The number of carbonyl (C=O) groups excluding carboxylic acids is 2. The Morgan fingerprint density at radius 1 is 1.19 bits per heavy atom. The number of rotatable bonds is 7. The first kappa shape index (κ1) is 26.0. The molecule has 0 saturated carbocycles. The minimum atomic E-state index is -1.89. The van der Waals surface area contributed by atoms with Gasteiger partial charge in [0, 0.05) is 10.9 Å². The standard InChI is InChI=1S/C27H32FN3O4S/c1-14(2)22(21-8-10-29-35-21)27(34)31-13-20(32)23(28)24(31)26(33)30-17(5)19-7-6-18(12-16(19)4)25-15(3)9-11-36-25/h6-12,14,17,20,22-24,32H,13H2,1-5H3,(H,30,33)/t17-,20-,22+,23-,24-/m0/s1. The number of carbonyl (C=O) groups is 2. The van der Waals surface area contributed by atoms with Gasteiger partial charge in [-0.3, -0.25) is 9.59 Å². The fraction of sp³-hybridized carbons (Fsp3) is 0.444. The van der Waals surface area contributed by atoms with Crippen LogP contribution in [0.2, 0.25) is 0 Å². The van der Waals surface area contributed by atoms with Gasteiger partial charge in [-0.05, 0) is 60.4 Å². The summed E-state index contributed by atoms with van der Waals surface area (Å²) in [5.41, 5.74) is 4.20. The molecule has 0 unspecified atom stereocenters. The number of nitrogens with one attached hydrogen (secondary N) is 1. The average molecular weight is 514 g/mol. The van der Waals surface area contributed by atoms with Gasteiger partial charge < -0.3 is 19.8 Å². The first-order valence-electron chi connectivity index (χ1n) is 12.1. The van der Waals surface area contributed by atoms with E-state index in [1.165, 1.54) is 16.6 Å². The van der Waals surface area contributed by atoms with Crippen molar-refractivity contribution in [1.82, 2.24) is 15.4 Å². The zero-order chi connectivity index (χ0) is 26.1. The van der Waals surface area contributed by atoms with Crippen LogP contribution < -0.4 is 5.32 Å². The lowest BCUT2D eigenvalue weighted by molar-refractivity contribution is -0.142. The van der Waals surface area contributed by atoms with Crippen molar-refractivity contribution in [3.63, 3.8) is 0 Å². The zero-order valence-electron chi connectivity index (χ0n) is 21.1. The van der Waals surface area contributed by atoms with Crippen LogP contribution in [0.4, 0.5) is 4.39 Å². The number of aliphatic hydroxyl groups excluding tert-OH is 1. The Balaban J connectivity index is 1.54. The van der Waals surface area contributed by atoms with Gasteiger partial charge in [-0.15, -0.1) is 11.3 Å². The van der Waals surface area contributed by atoms with Gasteiger partial charge in [-0.1, -0.05) is 37.2 Å². The number of aryl methyl sites for hydroxylation is 2. The molecule has 0 spiro atoms. The Labute approximate surface area is 214 Å². The lowest BCUT2D eigenvalue weighted by Crippen LogP contribution is -2.51. The van der Waals surface area contributed by atoms with E-state index < -0.39 is 42.1 Å². The molecule has 192 valence electrons. The molecule has 1 aliphatic rings. The molecule has 0 bridgehead atoms. The number of amides is 2. The third-order valence-electron chi connectivity index (χ3n) is 6.86. The predicted molar refractivity (Wildman–Crippen MR) is 136 cm³/mol. The van der Waals surface area contributed by atoms with E-state index in [-0.39, 0.29) is 12.5 Å². The number of thiophene rings is 1. The molecule has 2 aromatic heterocycles. The highest BCUT2D eigenvalue weighted by Gasteiger charge is 2.50. The maximum absolute atomic E-state index is 15.1. The smallest absolute Gasteiger partial charge is 0.246 e. The SMILES string of the molecule is Cc1cc(-c2sccc2C)ccc1[C@H](C)NC(=O)[C@@H]1[C@@H](F)[C@@H](O)CN1C(=O)[C@@H](c1ccno1)C(C)C. The van der Waals surface area contributed by atoms with Crippen molar-refractivity contribution in [3.05, 3.63) is 64.4 Å². The highest BCUT2D eigenvalue weighted by Crippen LogP contribution is 2.33. The topological polar surface area (TPSA) is 95.7 Å². The molecular weight excluding hydrogens is 481 g/mol. The number of likely N-dealkylation sites (tertiary alicyclic amines) is 1. The number of aliphatic hydroxyl groups is 1. The van der Waals surface area contributed by atoms with Crippen LogP contribution in [0.5, 0.6) is 0 Å². The summed E-state index contributed by atoms with van der Waals surface area (Å²) in [6.07, 6.45) is -1.90. The maximum atomic E-state index is 15.1. The van der Waals surface area contributed by atoms with Crippen molar-refractivity contribution in [3.8, 4) is 10.4 Å². The summed E-state index contributed by atoms with van der Waals surface area (Å²) >= 11 is 1.68. The summed E-state index contributed by atoms with van der Waals surface area (Å²) in [5.74, 6) is -1.69. The molecule has 2 amide bonds. The summed E-state index contributed by atoms with van der Waals surface area (Å²) in [5, 5.41) is 18.8. The minimum absolute atomic E-state index is 0.183. The molecule has 1 aliphatic heterocycles. The lowest BCUT2D eigenvalue weighted by atomic mass is 9.91. The number of hydrogen-bond donors (Lipinski definition) is 2. The fourth-order valence-electron chi connectivity index (χ4n) is 4.96. The van der Waals surface area contributed by atoms with Crippen LogP contribution in [0.15, 0.2) is 46.4 Å². The second kappa shape index (κ2) is 10.5. The van der Waals surface area contributed by atoms with Gasteiger partial charge in [-0.2, -0.15) is 0 Å². The van der Waals surface area contributed by atoms with Gasteiger partial charge in [0.2, 0.25) is 11.8 Å². The van der Waals surface area contributed by atoms with Crippen molar-refractivity contribution in [1.29, 1.82) is 0 Å². The molecule has 4 rings (SSSR count). The van der Waals surface area contributed by atoms with E-state index in [0.717, 1.165) is 21.6 Å². The summed E-state index contributed by atoms with van der Waals surface area (Å²) in [6.45, 7) is 9.28. The van der Waals surface area contributed by atoms with Gasteiger partial charge in [0.15, 0.2) is 6.17 Å². The van der Waals surface area contributed by atoms with Gasteiger partial charge in [0.25, 0.3) is 0 Å². The molecular formula is C27H32FN3O4S. The number of aromatic nitrogens is 1. The number of nitrogens with zero attached hydrogens (tertiary/aromatic N) is 2. The van der Waals surface area contributed by atoms with E-state index >= 15 is 4.39 Å². The molecule has 2 N–H and O–H groups in total. The Kier molecular flexibility index (Phi) is 7.61. The van der Waals surface area contributed by atoms with Crippen LogP contribution in [0.1, 0.15) is 55.2 Å². The van der Waals surface area contributed by atoms with Crippen LogP contribution >= 0.6 is 11.3 Å². The highest BCUT2D eigenvalue weighted by molar-refractivity contribution is 7.13. The lowest BCUT2D eigenvalue weighted by Gasteiger charge is -2.30. The fourth-order valence-corrected chi connectivity index (χ4v) is 5.88. The number of β-amino-alcohol motifs (C(OH)–C–C–N with tert-alkyl or cyclic N) is 1. The summed E-state index contributed by atoms with van der Waals surface area (Å²) in [7, 11) is 0. The molecule has 1 saturated heterocycles. The van der Waals surface area contributed by atoms with E-state index in [1.807, 2.05) is 39.8 Å². The normalized spacial score (nSPS) is 21.6. The first-order chi connectivity index (χ1) is 17.1. The average Bonchev–Trinajstić information content (AvgIpc) is 3.55. The van der Waals surface area contributed by atoms with Gasteiger partial charge >= 0.3 is 0 Å². The first-order valence-corrected chi connectivity index (χ1v) is 13.0. The molecule has 0 radical (unpaired) electrons. The third-order valence-corrected chi connectivity index (χ3v) is 7.92. The maximum Gasteiger partial charge on any atom is 0.246 e. The molecule has 0 aliphatic carbocycles. The monoisotopic (exact) mass is 513 g/mol. The predicted octanol–water partition coefficient (Wildman–Crippen LogP) is 4.55. The van der Waals surface area contributed by atoms with Crippen molar-refractivity contribution in [2.24, 2.45) is 5.92 Å². The largest absolute Gasteiger partial charge is 0.388 e. The van der Waals surface area contributed by atoms with Crippen LogP contribution in [0, 0.1) is 19.8 Å². The number of benzene rings is 1. The van der Waals surface area contributed by atoms with Gasteiger partial charge in [0.1, 0.15) is 23.8 Å². The molecule has 3 heterocycles. The second-order valence-electron chi connectivity index (χ2n) is 9.82. The van der Waals surface area contributed by atoms with Crippen molar-refractivity contribution in [2.75, 3.05) is 6.54 Å². The third kappa shape index (κ3) is 4.95.